The summed E-state index contributed by atoms with van der Waals surface area (Å²) in [6, 6.07) is 24.5. The molecule has 8 nitrogen and oxygen atoms in total. The van der Waals surface area contributed by atoms with E-state index in [9.17, 15) is 9.59 Å². The number of nitrogens with zero attached hydrogens (tertiary/aromatic N) is 4. The molecular weight excluding hydrogens is 440 g/mol. The molecular formula is C27H28N6O2. The number of amides is 2. The lowest BCUT2D eigenvalue weighted by molar-refractivity contribution is -0.122. The molecule has 0 aliphatic heterocycles. The Kier molecular flexibility index (Phi) is 7.01. The SMILES string of the molecule is CC(C)(C)c1ccc(C(=O)Nc2ccc(-c3nnn(CC(=O)NCc4ccccc4)n3)cc2)cc1. The summed E-state index contributed by atoms with van der Waals surface area (Å²) in [6.07, 6.45) is 0. The van der Waals surface area contributed by atoms with Crippen molar-refractivity contribution in [3.05, 3.63) is 95.6 Å². The van der Waals surface area contributed by atoms with E-state index in [1.807, 2.05) is 54.6 Å². The Morgan fingerprint density at radius 2 is 1.57 bits per heavy atom. The predicted octanol–water partition coefficient (Wildman–Crippen LogP) is 4.21. The molecule has 0 saturated heterocycles. The maximum atomic E-state index is 12.6. The third kappa shape index (κ3) is 6.38. The maximum Gasteiger partial charge on any atom is 0.255 e. The van der Waals surface area contributed by atoms with Gasteiger partial charge in [-0.2, -0.15) is 4.80 Å². The molecule has 0 aliphatic carbocycles. The molecule has 35 heavy (non-hydrogen) atoms. The van der Waals surface area contributed by atoms with Gasteiger partial charge < -0.3 is 10.6 Å². The zero-order valence-electron chi connectivity index (χ0n) is 20.0. The van der Waals surface area contributed by atoms with E-state index in [1.54, 1.807) is 24.3 Å². The summed E-state index contributed by atoms with van der Waals surface area (Å²) in [5.41, 5.74) is 4.21. The molecule has 2 amide bonds. The van der Waals surface area contributed by atoms with Crippen LogP contribution in [0.2, 0.25) is 0 Å². The lowest BCUT2D eigenvalue weighted by Gasteiger charge is -2.19. The first-order valence-electron chi connectivity index (χ1n) is 11.4. The fourth-order valence-corrected chi connectivity index (χ4v) is 3.43. The van der Waals surface area contributed by atoms with E-state index in [-0.39, 0.29) is 23.8 Å². The third-order valence-electron chi connectivity index (χ3n) is 5.48. The van der Waals surface area contributed by atoms with Gasteiger partial charge in [0.2, 0.25) is 11.7 Å². The van der Waals surface area contributed by atoms with Gasteiger partial charge in [-0.15, -0.1) is 10.2 Å². The van der Waals surface area contributed by atoms with Gasteiger partial charge in [-0.1, -0.05) is 63.2 Å². The van der Waals surface area contributed by atoms with Crippen LogP contribution in [0.1, 0.15) is 42.3 Å². The first-order chi connectivity index (χ1) is 16.8. The van der Waals surface area contributed by atoms with Gasteiger partial charge >= 0.3 is 0 Å². The molecule has 0 bridgehead atoms. The van der Waals surface area contributed by atoms with E-state index in [0.29, 0.717) is 23.6 Å². The number of benzene rings is 3. The topological polar surface area (TPSA) is 102 Å². The second-order valence-electron chi connectivity index (χ2n) is 9.26. The average molecular weight is 469 g/mol. The Labute approximate surface area is 204 Å². The number of carbonyl (C=O) groups excluding carboxylic acids is 2. The molecule has 0 unspecified atom stereocenters. The number of anilines is 1. The minimum Gasteiger partial charge on any atom is -0.350 e. The van der Waals surface area contributed by atoms with Crippen LogP contribution in [0, 0.1) is 0 Å². The van der Waals surface area contributed by atoms with Crippen LogP contribution in [0.25, 0.3) is 11.4 Å². The van der Waals surface area contributed by atoms with Gasteiger partial charge in [0, 0.05) is 23.4 Å². The second kappa shape index (κ2) is 10.3. The second-order valence-corrected chi connectivity index (χ2v) is 9.26. The Hall–Kier alpha value is -4.33. The van der Waals surface area contributed by atoms with Crippen molar-refractivity contribution < 1.29 is 9.59 Å². The summed E-state index contributed by atoms with van der Waals surface area (Å²) < 4.78 is 0. The third-order valence-corrected chi connectivity index (χ3v) is 5.48. The molecule has 4 rings (SSSR count). The van der Waals surface area contributed by atoms with Crippen molar-refractivity contribution in [2.45, 2.75) is 39.3 Å². The molecule has 1 heterocycles. The first kappa shape index (κ1) is 23.8. The summed E-state index contributed by atoms with van der Waals surface area (Å²) in [5, 5.41) is 18.0. The Balaban J connectivity index is 1.32. The number of nitrogens with one attached hydrogen (secondary N) is 2. The van der Waals surface area contributed by atoms with Crippen LogP contribution in [0.3, 0.4) is 0 Å². The summed E-state index contributed by atoms with van der Waals surface area (Å²) >= 11 is 0. The zero-order chi connectivity index (χ0) is 24.8. The van der Waals surface area contributed by atoms with E-state index in [0.717, 1.165) is 11.1 Å². The van der Waals surface area contributed by atoms with Crippen molar-refractivity contribution in [1.29, 1.82) is 0 Å². The number of hydrogen-bond acceptors (Lipinski definition) is 5. The smallest absolute Gasteiger partial charge is 0.255 e. The van der Waals surface area contributed by atoms with E-state index in [2.05, 4.69) is 46.8 Å². The highest BCUT2D eigenvalue weighted by Gasteiger charge is 2.15. The molecule has 178 valence electrons. The van der Waals surface area contributed by atoms with E-state index in [4.69, 9.17) is 0 Å². The van der Waals surface area contributed by atoms with Gasteiger partial charge in [0.1, 0.15) is 6.54 Å². The average Bonchev–Trinajstić information content (AvgIpc) is 3.32. The number of hydrogen-bond donors (Lipinski definition) is 2. The largest absolute Gasteiger partial charge is 0.350 e. The van der Waals surface area contributed by atoms with Crippen LogP contribution < -0.4 is 10.6 Å². The number of aromatic nitrogens is 4. The molecule has 3 aromatic carbocycles. The molecule has 0 aliphatic rings. The van der Waals surface area contributed by atoms with Crippen LogP contribution >= 0.6 is 0 Å². The number of carbonyl (C=O) groups is 2. The molecule has 4 aromatic rings. The maximum absolute atomic E-state index is 12.6. The van der Waals surface area contributed by atoms with Crippen LogP contribution in [-0.4, -0.2) is 32.0 Å². The van der Waals surface area contributed by atoms with Crippen molar-refractivity contribution in [2.24, 2.45) is 0 Å². The number of rotatable bonds is 7. The van der Waals surface area contributed by atoms with Crippen LogP contribution in [0.5, 0.6) is 0 Å². The fraction of sp³-hybridized carbons (Fsp3) is 0.222. The van der Waals surface area contributed by atoms with Crippen molar-refractivity contribution in [3.63, 3.8) is 0 Å². The first-order valence-corrected chi connectivity index (χ1v) is 11.4. The molecule has 0 fully saturated rings. The lowest BCUT2D eigenvalue weighted by Crippen LogP contribution is -2.28. The quantitative estimate of drug-likeness (QED) is 0.423. The van der Waals surface area contributed by atoms with Crippen LogP contribution in [0.4, 0.5) is 5.69 Å². The fourth-order valence-electron chi connectivity index (χ4n) is 3.43. The van der Waals surface area contributed by atoms with Crippen molar-refractivity contribution in [2.75, 3.05) is 5.32 Å². The zero-order valence-corrected chi connectivity index (χ0v) is 20.0. The highest BCUT2D eigenvalue weighted by atomic mass is 16.2. The molecule has 1 aromatic heterocycles. The molecule has 0 spiro atoms. The van der Waals surface area contributed by atoms with E-state index >= 15 is 0 Å². The van der Waals surface area contributed by atoms with Crippen LogP contribution in [-0.2, 0) is 23.3 Å². The van der Waals surface area contributed by atoms with Gasteiger partial charge in [-0.05, 0) is 58.2 Å². The molecule has 8 heteroatoms. The normalized spacial score (nSPS) is 11.2. The van der Waals surface area contributed by atoms with Crippen molar-refractivity contribution >= 4 is 17.5 Å². The standard InChI is InChI=1S/C27H28N6O2/c1-27(2,3)22-13-9-21(10-14-22)26(35)29-23-15-11-20(12-16-23)25-30-32-33(31-25)18-24(34)28-17-19-7-5-4-6-8-19/h4-16H,17-18H2,1-3H3,(H,28,34)(H,29,35). The van der Waals surface area contributed by atoms with Gasteiger partial charge in [0.05, 0.1) is 0 Å². The molecule has 2 N–H and O–H groups in total. The minimum absolute atomic E-state index is 0.0258. The van der Waals surface area contributed by atoms with Crippen LogP contribution in [0.15, 0.2) is 78.9 Å². The molecule has 0 saturated carbocycles. The highest BCUT2D eigenvalue weighted by molar-refractivity contribution is 6.04. The predicted molar refractivity (Wildman–Crippen MR) is 135 cm³/mol. The van der Waals surface area contributed by atoms with Gasteiger partial charge in [0.25, 0.3) is 5.91 Å². The monoisotopic (exact) mass is 468 g/mol. The Morgan fingerprint density at radius 1 is 0.886 bits per heavy atom. The highest BCUT2D eigenvalue weighted by Crippen LogP contribution is 2.23. The molecule has 0 atom stereocenters. The molecule has 0 radical (unpaired) electrons. The number of tetrazole rings is 1. The Bertz CT molecular complexity index is 1290. The van der Waals surface area contributed by atoms with Gasteiger partial charge in [0.15, 0.2) is 0 Å². The van der Waals surface area contributed by atoms with E-state index in [1.165, 1.54) is 10.4 Å². The van der Waals surface area contributed by atoms with Crippen molar-refractivity contribution in [3.8, 4) is 11.4 Å². The summed E-state index contributed by atoms with van der Waals surface area (Å²) in [4.78, 5) is 26.0. The van der Waals surface area contributed by atoms with Gasteiger partial charge in [-0.25, -0.2) is 0 Å². The lowest BCUT2D eigenvalue weighted by atomic mass is 9.87. The summed E-state index contributed by atoms with van der Waals surface area (Å²) in [7, 11) is 0. The summed E-state index contributed by atoms with van der Waals surface area (Å²) in [6.45, 7) is 6.82. The van der Waals surface area contributed by atoms with Gasteiger partial charge in [-0.3, -0.25) is 9.59 Å². The minimum atomic E-state index is -0.202. The van der Waals surface area contributed by atoms with Crippen molar-refractivity contribution in [1.82, 2.24) is 25.5 Å². The summed E-state index contributed by atoms with van der Waals surface area (Å²) in [5.74, 6) is 0.0201. The van der Waals surface area contributed by atoms with E-state index < -0.39 is 0 Å². The Morgan fingerprint density at radius 3 is 2.23 bits per heavy atom.